The normalized spacial score (nSPS) is 20.3. The molecule has 0 aromatic heterocycles. The van der Waals surface area contributed by atoms with Gasteiger partial charge in [-0.05, 0) is 47.2 Å². The first-order valence-electron chi connectivity index (χ1n) is 7.91. The summed E-state index contributed by atoms with van der Waals surface area (Å²) in [5.74, 6) is 0. The molecule has 1 nitrogen and oxygen atoms in total. The Balaban J connectivity index is 2.17. The number of hydrogen-bond acceptors (Lipinski definition) is 1. The molecule has 2 aromatic rings. The molecule has 138 valence electrons. The van der Waals surface area contributed by atoms with E-state index in [1.807, 2.05) is 24.3 Å². The third-order valence-corrected chi connectivity index (χ3v) is 5.80. The van der Waals surface area contributed by atoms with Crippen molar-refractivity contribution in [3.05, 3.63) is 74.2 Å². The number of benzene rings is 2. The van der Waals surface area contributed by atoms with Crippen molar-refractivity contribution < 1.29 is 13.2 Å². The average molecular weight is 421 g/mol. The molecular formula is C19H15Cl3F3N. The molecule has 0 amide bonds. The van der Waals surface area contributed by atoms with Crippen molar-refractivity contribution in [2.24, 2.45) is 5.73 Å². The van der Waals surface area contributed by atoms with Crippen LogP contribution < -0.4 is 5.73 Å². The number of hydrogen-bond donors (Lipinski definition) is 1. The zero-order chi connectivity index (χ0) is 19.1. The number of aryl methyl sites for hydroxylation is 1. The maximum atomic E-state index is 12.9. The molecule has 3 rings (SSSR count). The Morgan fingerprint density at radius 1 is 1.12 bits per heavy atom. The lowest BCUT2D eigenvalue weighted by Crippen LogP contribution is -2.35. The van der Waals surface area contributed by atoms with Gasteiger partial charge >= 0.3 is 6.18 Å². The maximum Gasteiger partial charge on any atom is 0.392 e. The van der Waals surface area contributed by atoms with E-state index in [0.717, 1.165) is 17.2 Å². The Kier molecular flexibility index (Phi) is 5.33. The van der Waals surface area contributed by atoms with Crippen LogP contribution >= 0.6 is 34.8 Å². The molecule has 1 aliphatic rings. The van der Waals surface area contributed by atoms with Gasteiger partial charge in [-0.2, -0.15) is 13.2 Å². The van der Waals surface area contributed by atoms with Gasteiger partial charge in [0.15, 0.2) is 0 Å². The molecule has 0 saturated carbocycles. The lowest BCUT2D eigenvalue weighted by atomic mass is 9.80. The molecule has 7 heteroatoms. The minimum atomic E-state index is -4.35. The zero-order valence-corrected chi connectivity index (χ0v) is 15.8. The Morgan fingerprint density at radius 2 is 1.73 bits per heavy atom. The number of rotatable bonds is 3. The first-order chi connectivity index (χ1) is 12.1. The van der Waals surface area contributed by atoms with Crippen LogP contribution in [-0.2, 0) is 12.0 Å². The quantitative estimate of drug-likeness (QED) is 0.544. The van der Waals surface area contributed by atoms with Crippen molar-refractivity contribution in [1.29, 1.82) is 0 Å². The number of nitrogens with two attached hydrogens (primary N) is 1. The van der Waals surface area contributed by atoms with Gasteiger partial charge in [0.25, 0.3) is 0 Å². The van der Waals surface area contributed by atoms with Crippen LogP contribution in [0.5, 0.6) is 0 Å². The highest BCUT2D eigenvalue weighted by molar-refractivity contribution is 6.48. The summed E-state index contributed by atoms with van der Waals surface area (Å²) >= 11 is 18.2. The van der Waals surface area contributed by atoms with Crippen molar-refractivity contribution in [2.45, 2.75) is 31.0 Å². The van der Waals surface area contributed by atoms with Crippen LogP contribution in [0.2, 0.25) is 15.1 Å². The summed E-state index contributed by atoms with van der Waals surface area (Å²) in [4.78, 5) is 0. The maximum absolute atomic E-state index is 12.9. The minimum absolute atomic E-state index is 0.158. The number of alkyl halides is 3. The van der Waals surface area contributed by atoms with Crippen molar-refractivity contribution in [3.63, 3.8) is 0 Å². The largest absolute Gasteiger partial charge is 0.392 e. The fourth-order valence-corrected chi connectivity index (χ4v) is 4.00. The first-order valence-corrected chi connectivity index (χ1v) is 9.05. The van der Waals surface area contributed by atoms with Gasteiger partial charge in [-0.25, -0.2) is 0 Å². The van der Waals surface area contributed by atoms with Crippen molar-refractivity contribution >= 4 is 40.4 Å². The van der Waals surface area contributed by atoms with Crippen molar-refractivity contribution in [1.82, 2.24) is 0 Å². The molecule has 1 unspecified atom stereocenters. The zero-order valence-electron chi connectivity index (χ0n) is 13.5. The molecule has 1 aliphatic carbocycles. The summed E-state index contributed by atoms with van der Waals surface area (Å²) in [6, 6.07) is 10.5. The molecule has 0 spiro atoms. The van der Waals surface area contributed by atoms with Crippen molar-refractivity contribution in [3.8, 4) is 0 Å². The van der Waals surface area contributed by atoms with E-state index >= 15 is 0 Å². The summed E-state index contributed by atoms with van der Waals surface area (Å²) < 4.78 is 38.7. The molecular weight excluding hydrogens is 406 g/mol. The molecule has 0 heterocycles. The second-order valence-electron chi connectivity index (χ2n) is 6.32. The standard InChI is InChI=1S/C19H15Cl3F3N/c20-15-9-12(10-16(21)17(15)22)14(6-8-19(23,24)25)18(26)7-5-11-3-1-2-4-13(11)18/h1-4,6,9-10H,5,7-8,26H2/b14-6+. The van der Waals surface area contributed by atoms with E-state index in [9.17, 15) is 13.2 Å². The third kappa shape index (κ3) is 3.74. The lowest BCUT2D eigenvalue weighted by molar-refractivity contribution is -0.124. The Hall–Kier alpha value is -1.20. The van der Waals surface area contributed by atoms with Crippen LogP contribution in [-0.4, -0.2) is 6.18 Å². The molecule has 0 bridgehead atoms. The highest BCUT2D eigenvalue weighted by Gasteiger charge is 2.39. The molecule has 2 N–H and O–H groups in total. The molecule has 2 aromatic carbocycles. The predicted octanol–water partition coefficient (Wildman–Crippen LogP) is 6.78. The fraction of sp³-hybridized carbons (Fsp3) is 0.263. The van der Waals surface area contributed by atoms with Crippen LogP contribution in [0.3, 0.4) is 0 Å². The SMILES string of the molecule is NC1(/C(=C/CC(F)(F)F)c2cc(Cl)c(Cl)c(Cl)c2)CCc2ccccc21. The lowest BCUT2D eigenvalue weighted by Gasteiger charge is -2.30. The highest BCUT2D eigenvalue weighted by Crippen LogP contribution is 2.46. The van der Waals surface area contributed by atoms with Crippen LogP contribution in [0.25, 0.3) is 5.57 Å². The molecule has 0 aliphatic heterocycles. The van der Waals surface area contributed by atoms with Crippen LogP contribution in [0.1, 0.15) is 29.5 Å². The van der Waals surface area contributed by atoms with Crippen molar-refractivity contribution in [2.75, 3.05) is 0 Å². The van der Waals surface area contributed by atoms with Gasteiger partial charge in [0.05, 0.1) is 27.0 Å². The van der Waals surface area contributed by atoms with Crippen LogP contribution in [0, 0.1) is 0 Å². The number of halogens is 6. The summed E-state index contributed by atoms with van der Waals surface area (Å²) in [6.45, 7) is 0. The minimum Gasteiger partial charge on any atom is -0.318 e. The second kappa shape index (κ2) is 7.08. The average Bonchev–Trinajstić information content (AvgIpc) is 2.90. The number of allylic oxidation sites excluding steroid dienone is 1. The van der Waals surface area contributed by atoms with Crippen LogP contribution in [0.4, 0.5) is 13.2 Å². The van der Waals surface area contributed by atoms with Gasteiger partial charge in [0.2, 0.25) is 0 Å². The first kappa shape index (κ1) is 19.6. The van der Waals surface area contributed by atoms with E-state index in [0.29, 0.717) is 24.0 Å². The topological polar surface area (TPSA) is 26.0 Å². The van der Waals surface area contributed by atoms with Gasteiger partial charge in [-0.1, -0.05) is 65.1 Å². The molecule has 26 heavy (non-hydrogen) atoms. The second-order valence-corrected chi connectivity index (χ2v) is 7.51. The van der Waals surface area contributed by atoms with E-state index in [4.69, 9.17) is 40.5 Å². The van der Waals surface area contributed by atoms with E-state index < -0.39 is 18.1 Å². The van der Waals surface area contributed by atoms with E-state index in [1.54, 1.807) is 0 Å². The van der Waals surface area contributed by atoms with Gasteiger partial charge in [0, 0.05) is 0 Å². The van der Waals surface area contributed by atoms with E-state index in [2.05, 4.69) is 0 Å². The Bertz CT molecular complexity index is 854. The van der Waals surface area contributed by atoms with Gasteiger partial charge in [-0.3, -0.25) is 0 Å². The summed E-state index contributed by atoms with van der Waals surface area (Å²) in [5, 5.41) is 0.495. The fourth-order valence-electron chi connectivity index (χ4n) is 3.41. The van der Waals surface area contributed by atoms with Crippen LogP contribution in [0.15, 0.2) is 42.5 Å². The third-order valence-electron chi connectivity index (χ3n) is 4.60. The Labute approximate surface area is 164 Å². The van der Waals surface area contributed by atoms with Gasteiger partial charge in [-0.15, -0.1) is 0 Å². The van der Waals surface area contributed by atoms with Gasteiger partial charge in [0.1, 0.15) is 0 Å². The molecule has 1 atom stereocenters. The summed E-state index contributed by atoms with van der Waals surface area (Å²) in [7, 11) is 0. The van der Waals surface area contributed by atoms with Gasteiger partial charge < -0.3 is 5.73 Å². The van der Waals surface area contributed by atoms with E-state index in [-0.39, 0.29) is 15.1 Å². The Morgan fingerprint density at radius 3 is 2.35 bits per heavy atom. The smallest absolute Gasteiger partial charge is 0.318 e. The molecule has 0 fully saturated rings. The summed E-state index contributed by atoms with van der Waals surface area (Å²) in [5.41, 5.74) is 8.23. The predicted molar refractivity (Wildman–Crippen MR) is 101 cm³/mol. The monoisotopic (exact) mass is 419 g/mol. The molecule has 0 saturated heterocycles. The number of fused-ring (bicyclic) bond motifs is 1. The molecule has 0 radical (unpaired) electrons. The highest BCUT2D eigenvalue weighted by atomic mass is 35.5. The summed E-state index contributed by atoms with van der Waals surface area (Å²) in [6.07, 6.45) is -3.14. The van der Waals surface area contributed by atoms with E-state index in [1.165, 1.54) is 12.1 Å².